The topological polar surface area (TPSA) is 104 Å². The van der Waals surface area contributed by atoms with Crippen molar-refractivity contribution in [3.63, 3.8) is 0 Å². The number of hydrogen-bond donors (Lipinski definition) is 3. The van der Waals surface area contributed by atoms with Crippen LogP contribution in [0.15, 0.2) is 0 Å². The van der Waals surface area contributed by atoms with Crippen LogP contribution in [0.25, 0.3) is 0 Å². The van der Waals surface area contributed by atoms with Gasteiger partial charge in [0.05, 0.1) is 7.11 Å². The Kier molecular flexibility index (Phi) is 5.94. The molecule has 0 aromatic rings. The van der Waals surface area contributed by atoms with E-state index in [9.17, 15) is 4.79 Å². The summed E-state index contributed by atoms with van der Waals surface area (Å²) in [5.41, 5.74) is -1.58. The van der Waals surface area contributed by atoms with Gasteiger partial charge in [-0.05, 0) is 13.8 Å². The average Bonchev–Trinajstić information content (AvgIpc) is 1.87. The molecule has 0 aliphatic rings. The molecule has 72 valence electrons. The fourth-order valence-corrected chi connectivity index (χ4v) is 0. The third kappa shape index (κ3) is 11.5. The van der Waals surface area contributed by atoms with Gasteiger partial charge in [-0.2, -0.15) is 0 Å². The standard InChI is InChI=1S/C4H8O3.C2H4O3/c1-4(2,7)3(5)6;1-5-2(3)4/h7H,1-2H3,(H,5,6);1H3,(H,3,4). The molecule has 0 fully saturated rings. The van der Waals surface area contributed by atoms with E-state index in [4.69, 9.17) is 20.1 Å². The lowest BCUT2D eigenvalue weighted by Gasteiger charge is -2.07. The molecule has 0 aromatic carbocycles. The molecule has 0 unspecified atom stereocenters. The van der Waals surface area contributed by atoms with E-state index in [1.807, 2.05) is 0 Å². The fraction of sp³-hybridized carbons (Fsp3) is 0.667. The SMILES string of the molecule is CC(C)(O)C(=O)O.COC(=O)O. The second-order valence-electron chi connectivity index (χ2n) is 2.33. The van der Waals surface area contributed by atoms with Gasteiger partial charge in [0.1, 0.15) is 0 Å². The molecule has 6 nitrogen and oxygen atoms in total. The molecular weight excluding hydrogens is 168 g/mol. The summed E-state index contributed by atoms with van der Waals surface area (Å²) < 4.78 is 3.67. The number of aliphatic carboxylic acids is 1. The van der Waals surface area contributed by atoms with Crippen molar-refractivity contribution in [1.29, 1.82) is 0 Å². The summed E-state index contributed by atoms with van der Waals surface area (Å²) in [6.07, 6.45) is -1.25. The average molecular weight is 180 g/mol. The molecule has 0 rings (SSSR count). The van der Waals surface area contributed by atoms with Crippen molar-refractivity contribution < 1.29 is 29.6 Å². The van der Waals surface area contributed by atoms with Crippen LogP contribution in [0.3, 0.4) is 0 Å². The number of carbonyl (C=O) groups is 2. The molecule has 12 heavy (non-hydrogen) atoms. The van der Waals surface area contributed by atoms with Gasteiger partial charge in [-0.25, -0.2) is 9.59 Å². The van der Waals surface area contributed by atoms with Crippen molar-refractivity contribution in [3.05, 3.63) is 0 Å². The van der Waals surface area contributed by atoms with Gasteiger partial charge in [0.25, 0.3) is 0 Å². The van der Waals surface area contributed by atoms with Crippen LogP contribution < -0.4 is 0 Å². The van der Waals surface area contributed by atoms with Crippen LogP contribution >= 0.6 is 0 Å². The maximum atomic E-state index is 9.77. The zero-order valence-electron chi connectivity index (χ0n) is 7.07. The number of carboxylic acids is 1. The number of carboxylic acid groups (broad SMARTS) is 2. The molecule has 0 atom stereocenters. The van der Waals surface area contributed by atoms with E-state index < -0.39 is 17.7 Å². The Morgan fingerprint density at radius 3 is 1.42 bits per heavy atom. The Morgan fingerprint density at radius 1 is 1.25 bits per heavy atom. The molecule has 0 amide bonds. The number of aliphatic hydroxyl groups is 1. The summed E-state index contributed by atoms with van der Waals surface area (Å²) in [5.74, 6) is -1.20. The van der Waals surface area contributed by atoms with E-state index in [0.717, 1.165) is 7.11 Å². The Labute approximate surface area is 69.4 Å². The number of hydrogen-bond acceptors (Lipinski definition) is 4. The summed E-state index contributed by atoms with van der Waals surface area (Å²) in [6, 6.07) is 0. The predicted molar refractivity (Wildman–Crippen MR) is 39.0 cm³/mol. The first-order valence-corrected chi connectivity index (χ1v) is 2.94. The third-order valence-electron chi connectivity index (χ3n) is 0.698. The molecule has 3 N–H and O–H groups in total. The van der Waals surface area contributed by atoms with E-state index in [2.05, 4.69) is 4.74 Å². The van der Waals surface area contributed by atoms with Crippen LogP contribution in [0.4, 0.5) is 4.79 Å². The lowest BCUT2D eigenvalue weighted by atomic mass is 10.1. The van der Waals surface area contributed by atoms with Crippen molar-refractivity contribution in [1.82, 2.24) is 0 Å². The van der Waals surface area contributed by atoms with Crippen molar-refractivity contribution in [2.45, 2.75) is 19.4 Å². The van der Waals surface area contributed by atoms with Gasteiger partial charge in [-0.3, -0.25) is 0 Å². The second-order valence-corrected chi connectivity index (χ2v) is 2.33. The third-order valence-corrected chi connectivity index (χ3v) is 0.698. The van der Waals surface area contributed by atoms with Crippen molar-refractivity contribution in [2.75, 3.05) is 7.11 Å². The molecule has 0 saturated carbocycles. The molecule has 0 aromatic heterocycles. The quantitative estimate of drug-likeness (QED) is 0.496. The number of methoxy groups -OCH3 is 1. The first kappa shape index (κ1) is 13.3. The Balaban J connectivity index is 0. The van der Waals surface area contributed by atoms with Gasteiger partial charge in [-0.15, -0.1) is 0 Å². The zero-order valence-corrected chi connectivity index (χ0v) is 7.07. The minimum Gasteiger partial charge on any atom is -0.479 e. The highest BCUT2D eigenvalue weighted by Crippen LogP contribution is 1.97. The van der Waals surface area contributed by atoms with E-state index in [1.165, 1.54) is 13.8 Å². The summed E-state index contributed by atoms with van der Waals surface area (Å²) in [7, 11) is 1.10. The highest BCUT2D eigenvalue weighted by atomic mass is 16.6. The highest BCUT2D eigenvalue weighted by molar-refractivity contribution is 5.75. The summed E-state index contributed by atoms with van der Waals surface area (Å²) in [5, 5.41) is 24.0. The minimum atomic E-state index is -1.58. The van der Waals surface area contributed by atoms with Crippen LogP contribution in [-0.4, -0.2) is 40.2 Å². The molecule has 0 saturated heterocycles. The minimum absolute atomic E-state index is 1.10. The number of rotatable bonds is 1. The molecule has 0 aliphatic heterocycles. The molecule has 6 heteroatoms. The van der Waals surface area contributed by atoms with Crippen LogP contribution in [0, 0.1) is 0 Å². The van der Waals surface area contributed by atoms with Crippen molar-refractivity contribution in [2.24, 2.45) is 0 Å². The summed E-state index contributed by atoms with van der Waals surface area (Å²) >= 11 is 0. The van der Waals surface area contributed by atoms with E-state index in [0.29, 0.717) is 0 Å². The van der Waals surface area contributed by atoms with Crippen LogP contribution in [0.1, 0.15) is 13.8 Å². The lowest BCUT2D eigenvalue weighted by molar-refractivity contribution is -0.154. The molecular formula is C6H12O6. The van der Waals surface area contributed by atoms with Crippen LogP contribution in [-0.2, 0) is 9.53 Å². The van der Waals surface area contributed by atoms with Gasteiger partial charge in [0, 0.05) is 0 Å². The fourth-order valence-electron chi connectivity index (χ4n) is 0. The van der Waals surface area contributed by atoms with Crippen LogP contribution in [0.2, 0.25) is 0 Å². The maximum Gasteiger partial charge on any atom is 0.505 e. The lowest BCUT2D eigenvalue weighted by Crippen LogP contribution is -2.30. The van der Waals surface area contributed by atoms with Crippen molar-refractivity contribution in [3.8, 4) is 0 Å². The monoisotopic (exact) mass is 180 g/mol. The Bertz CT molecular complexity index is 156. The summed E-state index contributed by atoms with van der Waals surface area (Å²) in [4.78, 5) is 18.9. The molecule has 0 spiro atoms. The second kappa shape index (κ2) is 5.36. The summed E-state index contributed by atoms with van der Waals surface area (Å²) in [6.45, 7) is 2.44. The Morgan fingerprint density at radius 2 is 1.42 bits per heavy atom. The first-order valence-electron chi connectivity index (χ1n) is 2.94. The molecule has 0 radical (unpaired) electrons. The van der Waals surface area contributed by atoms with Gasteiger partial charge in [-0.1, -0.05) is 0 Å². The maximum absolute atomic E-state index is 9.77. The van der Waals surface area contributed by atoms with Crippen LogP contribution in [0.5, 0.6) is 0 Å². The molecule has 0 bridgehead atoms. The smallest absolute Gasteiger partial charge is 0.479 e. The largest absolute Gasteiger partial charge is 0.505 e. The van der Waals surface area contributed by atoms with E-state index >= 15 is 0 Å². The zero-order chi connectivity index (χ0) is 10.4. The van der Waals surface area contributed by atoms with Gasteiger partial charge < -0.3 is 20.1 Å². The molecule has 0 heterocycles. The first-order chi connectivity index (χ1) is 5.21. The van der Waals surface area contributed by atoms with Gasteiger partial charge >= 0.3 is 12.1 Å². The Hall–Kier alpha value is -1.30. The highest BCUT2D eigenvalue weighted by Gasteiger charge is 2.21. The number of ether oxygens (including phenoxy) is 1. The van der Waals surface area contributed by atoms with Crippen molar-refractivity contribution >= 4 is 12.1 Å². The van der Waals surface area contributed by atoms with E-state index in [-0.39, 0.29) is 0 Å². The normalized spacial score (nSPS) is 9.33. The van der Waals surface area contributed by atoms with E-state index in [1.54, 1.807) is 0 Å². The van der Waals surface area contributed by atoms with Gasteiger partial charge in [0.15, 0.2) is 5.60 Å². The molecule has 0 aliphatic carbocycles. The predicted octanol–water partition coefficient (Wildman–Crippen LogP) is 0.153. The van der Waals surface area contributed by atoms with Gasteiger partial charge in [0.2, 0.25) is 0 Å².